The van der Waals surface area contributed by atoms with E-state index in [1.807, 2.05) is 6.92 Å². The lowest BCUT2D eigenvalue weighted by atomic mass is 10.2. The Labute approximate surface area is 155 Å². The van der Waals surface area contributed by atoms with Crippen molar-refractivity contribution in [2.45, 2.75) is 13.3 Å². The van der Waals surface area contributed by atoms with Gasteiger partial charge >= 0.3 is 11.8 Å². The van der Waals surface area contributed by atoms with E-state index in [4.69, 9.17) is 16.3 Å². The highest BCUT2D eigenvalue weighted by molar-refractivity contribution is 6.39. The van der Waals surface area contributed by atoms with E-state index < -0.39 is 11.8 Å². The molecule has 0 atom stereocenters. The summed E-state index contributed by atoms with van der Waals surface area (Å²) in [7, 11) is 0. The van der Waals surface area contributed by atoms with Crippen molar-refractivity contribution in [3.8, 4) is 11.5 Å². The Balaban J connectivity index is 1.88. The molecule has 0 unspecified atom stereocenters. The van der Waals surface area contributed by atoms with Gasteiger partial charge in [0.1, 0.15) is 11.5 Å². The molecule has 0 fully saturated rings. The van der Waals surface area contributed by atoms with Gasteiger partial charge in [0.25, 0.3) is 0 Å². The maximum atomic E-state index is 11.8. The highest BCUT2D eigenvalue weighted by Crippen LogP contribution is 2.19. The molecule has 136 valence electrons. The number of ether oxygens (including phenoxy) is 1. The zero-order valence-corrected chi connectivity index (χ0v) is 14.8. The molecule has 0 aliphatic carbocycles. The molecule has 8 heteroatoms. The Morgan fingerprint density at radius 3 is 2.62 bits per heavy atom. The monoisotopic (exact) mass is 375 g/mol. The van der Waals surface area contributed by atoms with Gasteiger partial charge < -0.3 is 15.2 Å². The molecule has 0 aliphatic rings. The van der Waals surface area contributed by atoms with Crippen LogP contribution in [0, 0.1) is 0 Å². The molecule has 7 nitrogen and oxygen atoms in total. The van der Waals surface area contributed by atoms with Crippen LogP contribution < -0.4 is 15.5 Å². The Hall–Kier alpha value is -3.06. The van der Waals surface area contributed by atoms with E-state index in [9.17, 15) is 14.7 Å². The molecule has 2 rings (SSSR count). The smallest absolute Gasteiger partial charge is 0.329 e. The fourth-order valence-corrected chi connectivity index (χ4v) is 2.06. The summed E-state index contributed by atoms with van der Waals surface area (Å²) in [4.78, 5) is 23.6. The topological polar surface area (TPSA) is 100 Å². The number of halogens is 1. The third-order valence-electron chi connectivity index (χ3n) is 3.15. The average Bonchev–Trinajstić information content (AvgIpc) is 2.63. The average molecular weight is 376 g/mol. The van der Waals surface area contributed by atoms with Crippen LogP contribution in [0.3, 0.4) is 0 Å². The third kappa shape index (κ3) is 5.78. The standard InChI is InChI=1S/C18H18ClN3O4/c1-2-9-26-15-6-4-14(5-7-15)21-17(24)18(25)22-20-11-12-10-13(19)3-8-16(12)23/h3-8,10-11,23H,2,9H2,1H3,(H,21,24)(H,22,25)/b20-11-. The van der Waals surface area contributed by atoms with Gasteiger partial charge in [0.05, 0.1) is 12.8 Å². The molecular formula is C18H18ClN3O4. The summed E-state index contributed by atoms with van der Waals surface area (Å²) in [5.41, 5.74) is 2.83. The second kappa shape index (κ2) is 9.43. The molecule has 0 radical (unpaired) electrons. The van der Waals surface area contributed by atoms with Crippen LogP contribution in [0.1, 0.15) is 18.9 Å². The number of nitrogens with zero attached hydrogens (tertiary/aromatic N) is 1. The molecule has 0 aliphatic heterocycles. The fraction of sp³-hybridized carbons (Fsp3) is 0.167. The molecular weight excluding hydrogens is 358 g/mol. The molecule has 2 aromatic carbocycles. The highest BCUT2D eigenvalue weighted by atomic mass is 35.5. The lowest BCUT2D eigenvalue weighted by molar-refractivity contribution is -0.136. The minimum absolute atomic E-state index is 0.0535. The zero-order chi connectivity index (χ0) is 18.9. The molecule has 0 spiro atoms. The van der Waals surface area contributed by atoms with E-state index in [-0.39, 0.29) is 5.75 Å². The van der Waals surface area contributed by atoms with Crippen molar-refractivity contribution in [1.82, 2.24) is 5.43 Å². The number of nitrogens with one attached hydrogen (secondary N) is 2. The predicted molar refractivity (Wildman–Crippen MR) is 99.7 cm³/mol. The summed E-state index contributed by atoms with van der Waals surface area (Å²) in [6.07, 6.45) is 2.08. The SMILES string of the molecule is CCCOc1ccc(NC(=O)C(=O)N/N=C\c2cc(Cl)ccc2O)cc1. The van der Waals surface area contributed by atoms with Crippen LogP contribution >= 0.6 is 11.6 Å². The number of aromatic hydroxyl groups is 1. The fourth-order valence-electron chi connectivity index (χ4n) is 1.88. The molecule has 3 N–H and O–H groups in total. The van der Waals surface area contributed by atoms with Gasteiger partial charge in [0.15, 0.2) is 0 Å². The first kappa shape index (κ1) is 19.3. The first-order valence-corrected chi connectivity index (χ1v) is 8.23. The molecule has 0 saturated heterocycles. The Kier molecular flexibility index (Phi) is 6.99. The van der Waals surface area contributed by atoms with E-state index in [1.165, 1.54) is 24.4 Å². The van der Waals surface area contributed by atoms with Gasteiger partial charge in [-0.25, -0.2) is 5.43 Å². The minimum Gasteiger partial charge on any atom is -0.507 e. The van der Waals surface area contributed by atoms with Crippen molar-refractivity contribution in [3.63, 3.8) is 0 Å². The molecule has 0 aromatic heterocycles. The number of phenolic OH excluding ortho intramolecular Hbond substituents is 1. The van der Waals surface area contributed by atoms with E-state index in [0.717, 1.165) is 6.42 Å². The van der Waals surface area contributed by atoms with Crippen LogP contribution in [0.5, 0.6) is 11.5 Å². The molecule has 2 aromatic rings. The van der Waals surface area contributed by atoms with Crippen molar-refractivity contribution in [3.05, 3.63) is 53.1 Å². The molecule has 0 bridgehead atoms. The summed E-state index contributed by atoms with van der Waals surface area (Å²) in [5.74, 6) is -1.20. The van der Waals surface area contributed by atoms with E-state index in [0.29, 0.717) is 28.6 Å². The maximum Gasteiger partial charge on any atom is 0.329 e. The number of hydrogen-bond donors (Lipinski definition) is 3. The zero-order valence-electron chi connectivity index (χ0n) is 14.0. The molecule has 0 saturated carbocycles. The number of phenols is 1. The summed E-state index contributed by atoms with van der Waals surface area (Å²) in [5, 5.41) is 16.1. The Morgan fingerprint density at radius 2 is 1.92 bits per heavy atom. The number of amides is 2. The maximum absolute atomic E-state index is 11.8. The van der Waals surface area contributed by atoms with E-state index in [2.05, 4.69) is 15.8 Å². The largest absolute Gasteiger partial charge is 0.507 e. The third-order valence-corrected chi connectivity index (χ3v) is 3.39. The second-order valence-corrected chi connectivity index (χ2v) is 5.67. The van der Waals surface area contributed by atoms with Gasteiger partial charge in [0.2, 0.25) is 0 Å². The minimum atomic E-state index is -0.950. The number of carbonyl (C=O) groups is 2. The van der Waals surface area contributed by atoms with Crippen molar-refractivity contribution in [1.29, 1.82) is 0 Å². The number of hydrazone groups is 1. The lowest BCUT2D eigenvalue weighted by Crippen LogP contribution is -2.32. The molecule has 0 heterocycles. The second-order valence-electron chi connectivity index (χ2n) is 5.23. The first-order chi connectivity index (χ1) is 12.5. The first-order valence-electron chi connectivity index (χ1n) is 7.85. The lowest BCUT2D eigenvalue weighted by Gasteiger charge is -2.07. The van der Waals surface area contributed by atoms with Gasteiger partial charge in [-0.15, -0.1) is 0 Å². The Bertz CT molecular complexity index is 807. The predicted octanol–water partition coefficient (Wildman–Crippen LogP) is 2.92. The summed E-state index contributed by atoms with van der Waals surface area (Å²) in [6.45, 7) is 2.61. The van der Waals surface area contributed by atoms with Crippen LogP contribution in [0.15, 0.2) is 47.6 Å². The van der Waals surface area contributed by atoms with Crippen LogP contribution in [0.2, 0.25) is 5.02 Å². The number of carbonyl (C=O) groups excluding carboxylic acids is 2. The van der Waals surface area contributed by atoms with Crippen molar-refractivity contribution >= 4 is 35.3 Å². The summed E-state index contributed by atoms with van der Waals surface area (Å²) in [6, 6.07) is 11.0. The normalized spacial score (nSPS) is 10.5. The van der Waals surface area contributed by atoms with Crippen molar-refractivity contribution in [2.75, 3.05) is 11.9 Å². The van der Waals surface area contributed by atoms with E-state index in [1.54, 1.807) is 24.3 Å². The quantitative estimate of drug-likeness (QED) is 0.410. The van der Waals surface area contributed by atoms with Crippen LogP contribution in [-0.2, 0) is 9.59 Å². The van der Waals surface area contributed by atoms with Gasteiger partial charge in [-0.1, -0.05) is 18.5 Å². The van der Waals surface area contributed by atoms with Gasteiger partial charge in [-0.2, -0.15) is 5.10 Å². The van der Waals surface area contributed by atoms with Crippen LogP contribution in [0.25, 0.3) is 0 Å². The van der Waals surface area contributed by atoms with Crippen molar-refractivity contribution in [2.24, 2.45) is 5.10 Å². The molecule has 26 heavy (non-hydrogen) atoms. The Morgan fingerprint density at radius 1 is 1.19 bits per heavy atom. The highest BCUT2D eigenvalue weighted by Gasteiger charge is 2.13. The number of benzene rings is 2. The number of rotatable bonds is 6. The van der Waals surface area contributed by atoms with Crippen LogP contribution in [0.4, 0.5) is 5.69 Å². The molecule has 2 amide bonds. The number of anilines is 1. The number of hydrogen-bond acceptors (Lipinski definition) is 5. The summed E-state index contributed by atoms with van der Waals surface area (Å²) < 4.78 is 5.43. The van der Waals surface area contributed by atoms with Crippen molar-refractivity contribution < 1.29 is 19.4 Å². The van der Waals surface area contributed by atoms with Crippen LogP contribution in [-0.4, -0.2) is 29.7 Å². The van der Waals surface area contributed by atoms with E-state index >= 15 is 0 Å². The van der Waals surface area contributed by atoms with Gasteiger partial charge in [-0.3, -0.25) is 9.59 Å². The summed E-state index contributed by atoms with van der Waals surface area (Å²) >= 11 is 5.80. The van der Waals surface area contributed by atoms with Gasteiger partial charge in [0, 0.05) is 16.3 Å². The van der Waals surface area contributed by atoms with Gasteiger partial charge in [-0.05, 0) is 48.9 Å².